The predicted octanol–water partition coefficient (Wildman–Crippen LogP) is 6.36. The molecule has 0 heterocycles. The van der Waals surface area contributed by atoms with Gasteiger partial charge in [-0.25, -0.2) is 8.42 Å². The smallest absolute Gasteiger partial charge is 0.182 e. The molecule has 0 aromatic heterocycles. The van der Waals surface area contributed by atoms with Crippen LogP contribution < -0.4 is 9.64 Å². The van der Waals surface area contributed by atoms with Crippen molar-refractivity contribution >= 4 is 21.3 Å². The lowest BCUT2D eigenvalue weighted by Gasteiger charge is -2.32. The van der Waals surface area contributed by atoms with E-state index < -0.39 is 9.84 Å². The number of sulfone groups is 1. The van der Waals surface area contributed by atoms with E-state index in [0.29, 0.717) is 29.0 Å². The van der Waals surface area contributed by atoms with E-state index in [1.54, 1.807) is 18.2 Å². The van der Waals surface area contributed by atoms with E-state index in [9.17, 15) is 13.2 Å². The SMILES string of the molecule is CC(C)N(CC(=O)c1ccccc1)c1ccc(OCc2ccccc2)c(S(C)(=O)=O)c1Cc1ccccc1. The highest BCUT2D eigenvalue weighted by Crippen LogP contribution is 2.38. The van der Waals surface area contributed by atoms with Crippen LogP contribution in [0.3, 0.4) is 0 Å². The van der Waals surface area contributed by atoms with Crippen molar-refractivity contribution in [2.24, 2.45) is 0 Å². The summed E-state index contributed by atoms with van der Waals surface area (Å²) in [5.74, 6) is 0.277. The van der Waals surface area contributed by atoms with Gasteiger partial charge in [0.25, 0.3) is 0 Å². The molecule has 4 aromatic rings. The van der Waals surface area contributed by atoms with E-state index in [4.69, 9.17) is 4.74 Å². The minimum absolute atomic E-state index is 0.0322. The number of Topliss-reactive ketones (excluding diaryl/α,β-unsaturated/α-hetero) is 1. The van der Waals surface area contributed by atoms with Crippen molar-refractivity contribution in [3.8, 4) is 5.75 Å². The molecule has 0 aliphatic heterocycles. The Labute approximate surface area is 225 Å². The number of nitrogens with zero attached hydrogens (tertiary/aromatic N) is 1. The van der Waals surface area contributed by atoms with Gasteiger partial charge in [-0.05, 0) is 37.1 Å². The summed E-state index contributed by atoms with van der Waals surface area (Å²) < 4.78 is 32.7. The summed E-state index contributed by atoms with van der Waals surface area (Å²) in [5.41, 5.74) is 3.86. The molecule has 0 N–H and O–H groups in total. The molecule has 0 atom stereocenters. The Morgan fingerprint density at radius 3 is 1.89 bits per heavy atom. The zero-order valence-corrected chi connectivity index (χ0v) is 22.8. The normalized spacial score (nSPS) is 11.4. The number of hydrogen-bond acceptors (Lipinski definition) is 5. The van der Waals surface area contributed by atoms with Crippen molar-refractivity contribution < 1.29 is 17.9 Å². The first-order chi connectivity index (χ1) is 18.2. The summed E-state index contributed by atoms with van der Waals surface area (Å²) in [5, 5.41) is 0. The zero-order valence-electron chi connectivity index (χ0n) is 22.0. The average Bonchev–Trinajstić information content (AvgIpc) is 2.91. The number of anilines is 1. The maximum Gasteiger partial charge on any atom is 0.182 e. The van der Waals surface area contributed by atoms with Gasteiger partial charge < -0.3 is 9.64 Å². The molecule has 4 aromatic carbocycles. The Kier molecular flexibility index (Phi) is 8.64. The molecule has 0 aliphatic rings. The molecule has 0 spiro atoms. The Morgan fingerprint density at radius 1 is 0.789 bits per heavy atom. The van der Waals surface area contributed by atoms with Gasteiger partial charge in [0.15, 0.2) is 15.6 Å². The Hall–Kier alpha value is -3.90. The van der Waals surface area contributed by atoms with Gasteiger partial charge in [0.2, 0.25) is 0 Å². The minimum Gasteiger partial charge on any atom is -0.488 e. The van der Waals surface area contributed by atoms with Gasteiger partial charge in [0.05, 0.1) is 6.54 Å². The number of carbonyl (C=O) groups excluding carboxylic acids is 1. The molecule has 0 aliphatic carbocycles. The van der Waals surface area contributed by atoms with Gasteiger partial charge in [0.1, 0.15) is 17.3 Å². The van der Waals surface area contributed by atoms with Crippen LogP contribution in [0.2, 0.25) is 0 Å². The molecule has 5 nitrogen and oxygen atoms in total. The number of carbonyl (C=O) groups is 1. The van der Waals surface area contributed by atoms with E-state index in [2.05, 4.69) is 0 Å². The van der Waals surface area contributed by atoms with Crippen molar-refractivity contribution in [1.29, 1.82) is 0 Å². The number of ether oxygens (including phenoxy) is 1. The summed E-state index contributed by atoms with van der Waals surface area (Å²) in [6.45, 7) is 4.37. The van der Waals surface area contributed by atoms with Gasteiger partial charge in [-0.2, -0.15) is 0 Å². The highest BCUT2D eigenvalue weighted by atomic mass is 32.2. The highest BCUT2D eigenvalue weighted by Gasteiger charge is 2.27. The van der Waals surface area contributed by atoms with Crippen LogP contribution in [-0.4, -0.2) is 33.0 Å². The summed E-state index contributed by atoms with van der Waals surface area (Å²) in [7, 11) is -3.69. The van der Waals surface area contributed by atoms with Crippen molar-refractivity contribution in [3.63, 3.8) is 0 Å². The van der Waals surface area contributed by atoms with Crippen LogP contribution in [0.4, 0.5) is 5.69 Å². The molecule has 0 fully saturated rings. The second-order valence-electron chi connectivity index (χ2n) is 9.61. The molecule has 0 unspecified atom stereocenters. The van der Waals surface area contributed by atoms with Gasteiger partial charge in [-0.3, -0.25) is 4.79 Å². The molecular formula is C32H33NO4S. The highest BCUT2D eigenvalue weighted by molar-refractivity contribution is 7.90. The zero-order chi connectivity index (χ0) is 27.1. The van der Waals surface area contributed by atoms with Crippen LogP contribution in [0.5, 0.6) is 5.75 Å². The molecule has 4 rings (SSSR count). The van der Waals surface area contributed by atoms with Gasteiger partial charge in [-0.15, -0.1) is 0 Å². The first-order valence-electron chi connectivity index (χ1n) is 12.7. The van der Waals surface area contributed by atoms with Gasteiger partial charge in [-0.1, -0.05) is 91.0 Å². The Balaban J connectivity index is 1.83. The first-order valence-corrected chi connectivity index (χ1v) is 14.5. The van der Waals surface area contributed by atoms with Crippen LogP contribution in [-0.2, 0) is 22.9 Å². The monoisotopic (exact) mass is 527 g/mol. The fourth-order valence-electron chi connectivity index (χ4n) is 4.51. The standard InChI is InChI=1S/C32H33NO4S/c1-24(2)33(22-30(34)27-17-11-6-12-18-27)29-19-20-31(37-23-26-15-9-5-10-16-26)32(38(3,35)36)28(29)21-25-13-7-4-8-14-25/h4-20,24H,21-23H2,1-3H3. The summed E-state index contributed by atoms with van der Waals surface area (Å²) in [4.78, 5) is 15.4. The largest absolute Gasteiger partial charge is 0.488 e. The third kappa shape index (κ3) is 6.69. The van der Waals surface area contributed by atoms with E-state index in [0.717, 1.165) is 11.1 Å². The number of ketones is 1. The summed E-state index contributed by atoms with van der Waals surface area (Å²) >= 11 is 0. The quantitative estimate of drug-likeness (QED) is 0.213. The third-order valence-electron chi connectivity index (χ3n) is 6.37. The van der Waals surface area contributed by atoms with Crippen LogP contribution >= 0.6 is 0 Å². The Bertz CT molecular complexity index is 1470. The van der Waals surface area contributed by atoms with Crippen LogP contribution in [0, 0.1) is 0 Å². The third-order valence-corrected chi connectivity index (χ3v) is 7.56. The maximum atomic E-state index is 13.3. The summed E-state index contributed by atoms with van der Waals surface area (Å²) in [6, 6.07) is 32.1. The molecule has 0 saturated carbocycles. The molecule has 0 amide bonds. The topological polar surface area (TPSA) is 63.7 Å². The predicted molar refractivity (Wildman–Crippen MR) is 153 cm³/mol. The summed E-state index contributed by atoms with van der Waals surface area (Å²) in [6.07, 6.45) is 1.59. The van der Waals surface area contributed by atoms with Crippen LogP contribution in [0.15, 0.2) is 108 Å². The van der Waals surface area contributed by atoms with Gasteiger partial charge in [0, 0.05) is 35.5 Å². The molecular weight excluding hydrogens is 494 g/mol. The molecule has 0 radical (unpaired) electrons. The molecule has 0 saturated heterocycles. The lowest BCUT2D eigenvalue weighted by Crippen LogP contribution is -2.36. The van der Waals surface area contributed by atoms with E-state index in [1.165, 1.54) is 6.26 Å². The van der Waals surface area contributed by atoms with E-state index >= 15 is 0 Å². The molecule has 196 valence electrons. The van der Waals surface area contributed by atoms with E-state index in [-0.39, 0.29) is 29.9 Å². The van der Waals surface area contributed by atoms with Crippen LogP contribution in [0.1, 0.15) is 40.9 Å². The number of benzene rings is 4. The maximum absolute atomic E-state index is 13.3. The van der Waals surface area contributed by atoms with Crippen molar-refractivity contribution in [1.82, 2.24) is 0 Å². The molecule has 6 heteroatoms. The fraction of sp³-hybridized carbons (Fsp3) is 0.219. The van der Waals surface area contributed by atoms with Crippen LogP contribution in [0.25, 0.3) is 0 Å². The van der Waals surface area contributed by atoms with Crippen molar-refractivity contribution in [3.05, 3.63) is 125 Å². The second kappa shape index (κ2) is 12.1. The fourth-order valence-corrected chi connectivity index (χ4v) is 5.62. The first kappa shape index (κ1) is 27.1. The van der Waals surface area contributed by atoms with Crippen molar-refractivity contribution in [2.75, 3.05) is 17.7 Å². The van der Waals surface area contributed by atoms with Crippen molar-refractivity contribution in [2.45, 2.75) is 37.8 Å². The lowest BCUT2D eigenvalue weighted by atomic mass is 10.0. The Morgan fingerprint density at radius 2 is 1.34 bits per heavy atom. The lowest BCUT2D eigenvalue weighted by molar-refractivity contribution is 0.0997. The van der Waals surface area contributed by atoms with Gasteiger partial charge >= 0.3 is 0 Å². The second-order valence-corrected chi connectivity index (χ2v) is 11.6. The minimum atomic E-state index is -3.69. The van der Waals surface area contributed by atoms with E-state index in [1.807, 2.05) is 104 Å². The number of hydrogen-bond donors (Lipinski definition) is 0. The molecule has 38 heavy (non-hydrogen) atoms. The average molecular weight is 528 g/mol. The number of rotatable bonds is 11. The molecule has 0 bridgehead atoms.